The van der Waals surface area contributed by atoms with Gasteiger partial charge in [-0.15, -0.1) is 11.3 Å². The highest BCUT2D eigenvalue weighted by atomic mass is 32.1. The van der Waals surface area contributed by atoms with E-state index in [4.69, 9.17) is 4.74 Å². The summed E-state index contributed by atoms with van der Waals surface area (Å²) in [4.78, 5) is 30.5. The molecule has 0 radical (unpaired) electrons. The first-order chi connectivity index (χ1) is 12.6. The molecule has 2 aromatic heterocycles. The molecule has 0 spiro atoms. The standard InChI is InChI=1S/C18H18N4O3S/c1-3-14-8-15-17(26-14)19-11-22(18(15)24)10-16(23)21-20-9-12-5-4-6-13(7-12)25-2/h4-9,11H,3,10H2,1-2H3,(H,21,23)/b20-9-. The van der Waals surface area contributed by atoms with E-state index < -0.39 is 5.91 Å². The highest BCUT2D eigenvalue weighted by molar-refractivity contribution is 7.18. The van der Waals surface area contributed by atoms with E-state index in [1.54, 1.807) is 13.2 Å². The molecule has 3 rings (SSSR count). The van der Waals surface area contributed by atoms with Gasteiger partial charge in [-0.3, -0.25) is 14.2 Å². The number of benzene rings is 1. The third kappa shape index (κ3) is 3.97. The molecule has 3 aromatic rings. The van der Waals surface area contributed by atoms with Gasteiger partial charge in [0.2, 0.25) is 0 Å². The number of methoxy groups -OCH3 is 1. The number of aryl methyl sites for hydroxylation is 1. The van der Waals surface area contributed by atoms with E-state index in [0.29, 0.717) is 16.0 Å². The number of rotatable bonds is 6. The summed E-state index contributed by atoms with van der Waals surface area (Å²) in [7, 11) is 1.58. The van der Waals surface area contributed by atoms with Gasteiger partial charge in [0.1, 0.15) is 17.1 Å². The van der Waals surface area contributed by atoms with Crippen LogP contribution in [-0.4, -0.2) is 28.8 Å². The van der Waals surface area contributed by atoms with Gasteiger partial charge in [-0.1, -0.05) is 19.1 Å². The lowest BCUT2D eigenvalue weighted by molar-refractivity contribution is -0.121. The van der Waals surface area contributed by atoms with Crippen LogP contribution in [0.4, 0.5) is 0 Å². The summed E-state index contributed by atoms with van der Waals surface area (Å²) in [6.07, 6.45) is 3.75. The topological polar surface area (TPSA) is 85.6 Å². The molecule has 8 heteroatoms. The van der Waals surface area contributed by atoms with Crippen LogP contribution in [0.25, 0.3) is 10.2 Å². The summed E-state index contributed by atoms with van der Waals surface area (Å²) in [5.74, 6) is 0.298. The zero-order chi connectivity index (χ0) is 18.5. The van der Waals surface area contributed by atoms with E-state index in [9.17, 15) is 9.59 Å². The molecule has 7 nitrogen and oxygen atoms in total. The highest BCUT2D eigenvalue weighted by Crippen LogP contribution is 2.20. The van der Waals surface area contributed by atoms with Crippen molar-refractivity contribution in [3.63, 3.8) is 0 Å². The van der Waals surface area contributed by atoms with Crippen molar-refractivity contribution in [2.75, 3.05) is 7.11 Å². The largest absolute Gasteiger partial charge is 0.497 e. The maximum Gasteiger partial charge on any atom is 0.262 e. The Kier molecular flexibility index (Phi) is 5.43. The average molecular weight is 370 g/mol. The number of carbonyl (C=O) groups excluding carboxylic acids is 1. The first-order valence-corrected chi connectivity index (χ1v) is 8.86. The van der Waals surface area contributed by atoms with Gasteiger partial charge in [-0.25, -0.2) is 10.4 Å². The number of thiophene rings is 1. The first-order valence-electron chi connectivity index (χ1n) is 8.04. The summed E-state index contributed by atoms with van der Waals surface area (Å²) in [6, 6.07) is 9.11. The Hall–Kier alpha value is -3.00. The van der Waals surface area contributed by atoms with Gasteiger partial charge in [0.25, 0.3) is 11.5 Å². The normalized spacial score (nSPS) is 11.2. The third-order valence-electron chi connectivity index (χ3n) is 3.73. The summed E-state index contributed by atoms with van der Waals surface area (Å²) in [5, 5.41) is 4.45. The van der Waals surface area contributed by atoms with E-state index in [0.717, 1.165) is 16.9 Å². The second-order valence-corrected chi connectivity index (χ2v) is 6.65. The molecule has 134 valence electrons. The predicted molar refractivity (Wildman–Crippen MR) is 102 cm³/mol. The predicted octanol–water partition coefficient (Wildman–Crippen LogP) is 2.18. The smallest absolute Gasteiger partial charge is 0.262 e. The van der Waals surface area contributed by atoms with Crippen LogP contribution in [0.1, 0.15) is 17.4 Å². The number of fused-ring (bicyclic) bond motifs is 1. The molecule has 1 N–H and O–H groups in total. The number of aromatic nitrogens is 2. The Bertz CT molecular complexity index is 1020. The molecule has 1 aromatic carbocycles. The zero-order valence-electron chi connectivity index (χ0n) is 14.4. The summed E-state index contributed by atoms with van der Waals surface area (Å²) < 4.78 is 6.41. The van der Waals surface area contributed by atoms with E-state index in [1.165, 1.54) is 28.4 Å². The number of hydrogen-bond acceptors (Lipinski definition) is 6. The molecule has 0 saturated heterocycles. The number of ether oxygens (including phenoxy) is 1. The molecule has 2 heterocycles. The number of nitrogens with one attached hydrogen (secondary N) is 1. The number of hydrogen-bond donors (Lipinski definition) is 1. The zero-order valence-corrected chi connectivity index (χ0v) is 15.2. The molecule has 26 heavy (non-hydrogen) atoms. The molecule has 1 amide bonds. The molecule has 0 aliphatic rings. The van der Waals surface area contributed by atoms with Crippen LogP contribution in [0, 0.1) is 0 Å². The molecule has 0 aliphatic heterocycles. The van der Waals surface area contributed by atoms with Gasteiger partial charge < -0.3 is 4.74 Å². The van der Waals surface area contributed by atoms with Gasteiger partial charge >= 0.3 is 0 Å². The monoisotopic (exact) mass is 370 g/mol. The number of carbonyl (C=O) groups is 1. The SMILES string of the molecule is CCc1cc2c(=O)n(CC(=O)N/N=C\c3cccc(OC)c3)cnc2s1. The van der Waals surface area contributed by atoms with Gasteiger partial charge in [0.05, 0.1) is 25.0 Å². The Morgan fingerprint density at radius 2 is 2.27 bits per heavy atom. The summed E-state index contributed by atoms with van der Waals surface area (Å²) in [5.41, 5.74) is 2.98. The van der Waals surface area contributed by atoms with Crippen molar-refractivity contribution in [1.82, 2.24) is 15.0 Å². The van der Waals surface area contributed by atoms with Crippen LogP contribution in [0.2, 0.25) is 0 Å². The lowest BCUT2D eigenvalue weighted by Crippen LogP contribution is -2.29. The Morgan fingerprint density at radius 1 is 1.42 bits per heavy atom. The molecule has 0 atom stereocenters. The van der Waals surface area contributed by atoms with Crippen molar-refractivity contribution in [2.45, 2.75) is 19.9 Å². The van der Waals surface area contributed by atoms with E-state index in [-0.39, 0.29) is 12.1 Å². The van der Waals surface area contributed by atoms with Crippen molar-refractivity contribution in [3.05, 3.63) is 57.5 Å². The van der Waals surface area contributed by atoms with Crippen LogP contribution in [0.5, 0.6) is 5.75 Å². The molecule has 0 unspecified atom stereocenters. The fourth-order valence-electron chi connectivity index (χ4n) is 2.39. The maximum absolute atomic E-state index is 12.5. The fourth-order valence-corrected chi connectivity index (χ4v) is 3.31. The molecule has 0 fully saturated rings. The maximum atomic E-state index is 12.5. The lowest BCUT2D eigenvalue weighted by Gasteiger charge is -2.04. The highest BCUT2D eigenvalue weighted by Gasteiger charge is 2.10. The molecule has 0 bridgehead atoms. The Morgan fingerprint density at radius 3 is 3.04 bits per heavy atom. The van der Waals surface area contributed by atoms with Gasteiger partial charge in [-0.05, 0) is 30.2 Å². The number of hydrazone groups is 1. The molecule has 0 aliphatic carbocycles. The quantitative estimate of drug-likeness (QED) is 0.532. The minimum absolute atomic E-state index is 0.144. The van der Waals surface area contributed by atoms with Crippen LogP contribution < -0.4 is 15.7 Å². The Labute approximate surface area is 154 Å². The van der Waals surface area contributed by atoms with E-state index in [1.807, 2.05) is 31.2 Å². The van der Waals surface area contributed by atoms with Crippen molar-refractivity contribution < 1.29 is 9.53 Å². The van der Waals surface area contributed by atoms with Gasteiger partial charge in [0.15, 0.2) is 0 Å². The van der Waals surface area contributed by atoms with Gasteiger partial charge in [0, 0.05) is 4.88 Å². The molecule has 0 saturated carbocycles. The van der Waals surface area contributed by atoms with Crippen LogP contribution in [-0.2, 0) is 17.8 Å². The van der Waals surface area contributed by atoms with Crippen LogP contribution in [0.3, 0.4) is 0 Å². The number of amides is 1. The van der Waals surface area contributed by atoms with Crippen molar-refractivity contribution in [3.8, 4) is 5.75 Å². The summed E-state index contributed by atoms with van der Waals surface area (Å²) >= 11 is 1.49. The lowest BCUT2D eigenvalue weighted by atomic mass is 10.2. The average Bonchev–Trinajstić information content (AvgIpc) is 3.08. The first kappa shape index (κ1) is 17.8. The van der Waals surface area contributed by atoms with Crippen molar-refractivity contribution in [2.24, 2.45) is 5.10 Å². The van der Waals surface area contributed by atoms with Gasteiger partial charge in [-0.2, -0.15) is 5.10 Å². The summed E-state index contributed by atoms with van der Waals surface area (Å²) in [6.45, 7) is 1.88. The molecular weight excluding hydrogens is 352 g/mol. The molecular formula is C18H18N4O3S. The van der Waals surface area contributed by atoms with Crippen LogP contribution >= 0.6 is 11.3 Å². The second-order valence-electron chi connectivity index (χ2n) is 5.53. The Balaban J connectivity index is 1.68. The number of nitrogens with zero attached hydrogens (tertiary/aromatic N) is 3. The van der Waals surface area contributed by atoms with E-state index in [2.05, 4.69) is 15.5 Å². The van der Waals surface area contributed by atoms with Crippen LogP contribution in [0.15, 0.2) is 46.6 Å². The van der Waals surface area contributed by atoms with Crippen molar-refractivity contribution in [1.29, 1.82) is 0 Å². The fraction of sp³-hybridized carbons (Fsp3) is 0.222. The van der Waals surface area contributed by atoms with E-state index >= 15 is 0 Å². The minimum atomic E-state index is -0.404. The third-order valence-corrected chi connectivity index (χ3v) is 4.92. The second kappa shape index (κ2) is 7.92. The van der Waals surface area contributed by atoms with Crippen molar-refractivity contribution >= 4 is 33.7 Å². The minimum Gasteiger partial charge on any atom is -0.497 e.